The van der Waals surface area contributed by atoms with Crippen molar-refractivity contribution in [2.75, 3.05) is 32.6 Å². The minimum absolute atomic E-state index is 0.0845. The lowest BCUT2D eigenvalue weighted by Gasteiger charge is -2.34. The highest BCUT2D eigenvalue weighted by Crippen LogP contribution is 2.27. The standard InChI is InChI=1S/C31H37N3O7S/c1-39-30(40-2)25-17-19-34(20-18-25)42(37,38)27-15-13-26(14-16-27)32-31(36)33-28(21-23-9-5-3-6-10-23)29(35)41-22-24-11-7-4-8-12-24/h3-16,25,28,30H,17-22H2,1-2H3,(H2,32,33,36)/t28-/m0/s1. The number of anilines is 1. The van der Waals surface area contributed by atoms with E-state index in [1.54, 1.807) is 14.2 Å². The maximum atomic E-state index is 13.2. The van der Waals surface area contributed by atoms with Gasteiger partial charge in [0.05, 0.1) is 4.90 Å². The minimum Gasteiger partial charge on any atom is -0.459 e. The number of hydrogen-bond donors (Lipinski definition) is 2. The first-order chi connectivity index (χ1) is 20.3. The molecule has 3 aromatic carbocycles. The first-order valence-electron chi connectivity index (χ1n) is 13.8. The highest BCUT2D eigenvalue weighted by Gasteiger charge is 2.33. The number of benzene rings is 3. The number of rotatable bonds is 12. The smallest absolute Gasteiger partial charge is 0.329 e. The lowest BCUT2D eigenvalue weighted by Crippen LogP contribution is -2.45. The Hall–Kier alpha value is -3.77. The van der Waals surface area contributed by atoms with E-state index >= 15 is 0 Å². The first kappa shape index (κ1) is 31.2. The van der Waals surface area contributed by atoms with E-state index in [0.29, 0.717) is 31.6 Å². The molecule has 10 nitrogen and oxygen atoms in total. The van der Waals surface area contributed by atoms with E-state index in [0.717, 1.165) is 11.1 Å². The summed E-state index contributed by atoms with van der Waals surface area (Å²) in [5.41, 5.74) is 2.07. The number of carbonyl (C=O) groups excluding carboxylic acids is 2. The zero-order chi connectivity index (χ0) is 30.0. The average molecular weight is 596 g/mol. The molecule has 1 aliphatic heterocycles. The van der Waals surface area contributed by atoms with Gasteiger partial charge in [0, 0.05) is 45.3 Å². The van der Waals surface area contributed by atoms with Gasteiger partial charge >= 0.3 is 12.0 Å². The van der Waals surface area contributed by atoms with Gasteiger partial charge in [0.1, 0.15) is 12.6 Å². The predicted octanol–water partition coefficient (Wildman–Crippen LogP) is 4.18. The number of nitrogens with one attached hydrogen (secondary N) is 2. The fourth-order valence-corrected chi connectivity index (χ4v) is 6.40. The zero-order valence-electron chi connectivity index (χ0n) is 23.8. The Balaban J connectivity index is 1.36. The zero-order valence-corrected chi connectivity index (χ0v) is 24.6. The summed E-state index contributed by atoms with van der Waals surface area (Å²) >= 11 is 0. The number of urea groups is 1. The molecule has 42 heavy (non-hydrogen) atoms. The van der Waals surface area contributed by atoms with Gasteiger partial charge in [0.15, 0.2) is 6.29 Å². The van der Waals surface area contributed by atoms with Crippen molar-refractivity contribution in [3.63, 3.8) is 0 Å². The van der Waals surface area contributed by atoms with Crippen molar-refractivity contribution in [1.29, 1.82) is 0 Å². The quantitative estimate of drug-likeness (QED) is 0.238. The largest absolute Gasteiger partial charge is 0.459 e. The molecule has 0 aromatic heterocycles. The highest BCUT2D eigenvalue weighted by atomic mass is 32.2. The number of hydrogen-bond acceptors (Lipinski definition) is 7. The second kappa shape index (κ2) is 14.9. The summed E-state index contributed by atoms with van der Waals surface area (Å²) in [7, 11) is -0.546. The minimum atomic E-state index is -3.70. The van der Waals surface area contributed by atoms with Gasteiger partial charge in [-0.1, -0.05) is 60.7 Å². The summed E-state index contributed by atoms with van der Waals surface area (Å²) in [6.07, 6.45) is 1.14. The van der Waals surface area contributed by atoms with Gasteiger partial charge in [-0.3, -0.25) is 0 Å². The van der Waals surface area contributed by atoms with E-state index in [-0.39, 0.29) is 30.1 Å². The Bertz CT molecular complexity index is 1390. The molecule has 1 atom stereocenters. The molecule has 0 saturated carbocycles. The van der Waals surface area contributed by atoms with Crippen LogP contribution in [0.5, 0.6) is 0 Å². The maximum Gasteiger partial charge on any atom is 0.329 e. The van der Waals surface area contributed by atoms with Gasteiger partial charge < -0.3 is 24.8 Å². The number of ether oxygens (including phenoxy) is 3. The summed E-state index contributed by atoms with van der Waals surface area (Å²) in [6.45, 7) is 0.810. The normalized spacial score (nSPS) is 15.2. The molecular weight excluding hydrogens is 558 g/mol. The fourth-order valence-electron chi connectivity index (χ4n) is 4.93. The van der Waals surface area contributed by atoms with Crippen LogP contribution in [0.4, 0.5) is 10.5 Å². The van der Waals surface area contributed by atoms with Crippen molar-refractivity contribution in [1.82, 2.24) is 9.62 Å². The molecule has 1 aliphatic rings. The van der Waals surface area contributed by atoms with Crippen LogP contribution < -0.4 is 10.6 Å². The predicted molar refractivity (Wildman–Crippen MR) is 158 cm³/mol. The molecule has 0 radical (unpaired) electrons. The number of methoxy groups -OCH3 is 2. The van der Waals surface area contributed by atoms with Crippen LogP contribution >= 0.6 is 0 Å². The third-order valence-electron chi connectivity index (χ3n) is 7.19. The van der Waals surface area contributed by atoms with Crippen LogP contribution in [0.25, 0.3) is 0 Å². The van der Waals surface area contributed by atoms with E-state index in [1.165, 1.54) is 28.6 Å². The van der Waals surface area contributed by atoms with Crippen molar-refractivity contribution in [2.45, 2.75) is 43.1 Å². The van der Waals surface area contributed by atoms with Crippen LogP contribution in [-0.4, -0.2) is 64.4 Å². The van der Waals surface area contributed by atoms with Crippen LogP contribution in [0, 0.1) is 5.92 Å². The van der Waals surface area contributed by atoms with E-state index in [1.807, 2.05) is 60.7 Å². The third kappa shape index (κ3) is 8.39. The Morgan fingerprint density at radius 1 is 0.857 bits per heavy atom. The van der Waals surface area contributed by atoms with Gasteiger partial charge in [0.25, 0.3) is 0 Å². The van der Waals surface area contributed by atoms with E-state index < -0.39 is 28.1 Å². The first-order valence-corrected chi connectivity index (χ1v) is 15.2. The van der Waals surface area contributed by atoms with Gasteiger partial charge in [0.2, 0.25) is 10.0 Å². The summed E-state index contributed by atoms with van der Waals surface area (Å²) in [4.78, 5) is 26.0. The maximum absolute atomic E-state index is 13.2. The Morgan fingerprint density at radius 2 is 1.43 bits per heavy atom. The summed E-state index contributed by atoms with van der Waals surface area (Å²) < 4.78 is 44.0. The molecule has 0 bridgehead atoms. The molecule has 1 saturated heterocycles. The van der Waals surface area contributed by atoms with Crippen LogP contribution in [0.1, 0.15) is 24.0 Å². The number of amides is 2. The van der Waals surface area contributed by atoms with Crippen molar-refractivity contribution in [3.05, 3.63) is 96.1 Å². The van der Waals surface area contributed by atoms with Gasteiger partial charge in [-0.2, -0.15) is 4.31 Å². The van der Waals surface area contributed by atoms with Crippen LogP contribution in [0.3, 0.4) is 0 Å². The van der Waals surface area contributed by atoms with Crippen molar-refractivity contribution in [2.24, 2.45) is 5.92 Å². The van der Waals surface area contributed by atoms with E-state index in [2.05, 4.69) is 10.6 Å². The molecule has 2 amide bonds. The number of esters is 1. The molecule has 2 N–H and O–H groups in total. The average Bonchev–Trinajstić information content (AvgIpc) is 3.01. The fraction of sp³-hybridized carbons (Fsp3) is 0.355. The summed E-state index contributed by atoms with van der Waals surface area (Å²) in [5, 5.41) is 5.38. The molecule has 1 heterocycles. The van der Waals surface area contributed by atoms with Crippen molar-refractivity contribution >= 4 is 27.7 Å². The monoisotopic (exact) mass is 595 g/mol. The van der Waals surface area contributed by atoms with Gasteiger partial charge in [-0.25, -0.2) is 18.0 Å². The lowest BCUT2D eigenvalue weighted by atomic mass is 9.97. The molecule has 0 spiro atoms. The molecule has 11 heteroatoms. The van der Waals surface area contributed by atoms with Gasteiger partial charge in [-0.05, 0) is 48.2 Å². The second-order valence-electron chi connectivity index (χ2n) is 10.0. The number of sulfonamides is 1. The Labute approximate surface area is 247 Å². The van der Waals surface area contributed by atoms with E-state index in [9.17, 15) is 18.0 Å². The number of piperidine rings is 1. The summed E-state index contributed by atoms with van der Waals surface area (Å²) in [6, 6.07) is 23.0. The Morgan fingerprint density at radius 3 is 2.00 bits per heavy atom. The lowest BCUT2D eigenvalue weighted by molar-refractivity contribution is -0.147. The third-order valence-corrected chi connectivity index (χ3v) is 9.11. The van der Waals surface area contributed by atoms with E-state index in [4.69, 9.17) is 14.2 Å². The van der Waals surface area contributed by atoms with Crippen molar-refractivity contribution < 1.29 is 32.2 Å². The number of nitrogens with zero attached hydrogens (tertiary/aromatic N) is 1. The molecule has 0 unspecified atom stereocenters. The summed E-state index contributed by atoms with van der Waals surface area (Å²) in [5.74, 6) is -0.441. The van der Waals surface area contributed by atoms with Crippen LogP contribution in [0.15, 0.2) is 89.8 Å². The molecule has 224 valence electrons. The molecule has 0 aliphatic carbocycles. The van der Waals surface area contributed by atoms with Crippen LogP contribution in [-0.2, 0) is 42.1 Å². The second-order valence-corrected chi connectivity index (χ2v) is 12.0. The molecule has 1 fully saturated rings. The van der Waals surface area contributed by atoms with Crippen molar-refractivity contribution in [3.8, 4) is 0 Å². The topological polar surface area (TPSA) is 123 Å². The van der Waals surface area contributed by atoms with Crippen LogP contribution in [0.2, 0.25) is 0 Å². The molecule has 3 aromatic rings. The SMILES string of the molecule is COC(OC)C1CCN(S(=O)(=O)c2ccc(NC(=O)N[C@@H](Cc3ccccc3)C(=O)OCc3ccccc3)cc2)CC1. The molecule has 4 rings (SSSR count). The highest BCUT2D eigenvalue weighted by molar-refractivity contribution is 7.89. The van der Waals surface area contributed by atoms with Gasteiger partial charge in [-0.15, -0.1) is 0 Å². The molecular formula is C31H37N3O7S. The Kier molecular flexibility index (Phi) is 11.1. The number of carbonyl (C=O) groups is 2.